The number of anilines is 3. The molecule has 68 heavy (non-hydrogen) atoms. The first-order valence-electron chi connectivity index (χ1n) is 23.7. The van der Waals surface area contributed by atoms with Gasteiger partial charge in [-0.15, -0.1) is 12.4 Å². The lowest BCUT2D eigenvalue weighted by Gasteiger charge is -2.27. The number of fused-ring (bicyclic) bond motifs is 6. The standard InChI is InChI=1S/2C17H20N6O.C14H19N5.ClH/c2*1-22(17-14-3-5-19-16(14)20-10-21-17)13-6-11-8-23(9-12(11)7-13)15(24)2-4-18;1-19(11-4-9-6-15-7-10(9)5-11)14-12-2-3-16-13(12)17-8-18-14;/h2*3,5,10-13H,2,6-9H2,1H3,(H,19,20,21);2-3,8-11,15H,4-7H2,1H3,(H,16,17,18);1H/t2*11-,12+,13?;9-,10+,11?;. The van der Waals surface area contributed by atoms with Crippen molar-refractivity contribution in [3.8, 4) is 12.1 Å². The quantitative estimate of drug-likeness (QED) is 0.159. The van der Waals surface area contributed by atoms with E-state index in [2.05, 4.69) is 92.1 Å². The first-order valence-corrected chi connectivity index (χ1v) is 23.7. The van der Waals surface area contributed by atoms with E-state index in [0.717, 1.165) is 114 Å². The van der Waals surface area contributed by atoms with Crippen LogP contribution in [-0.2, 0) is 9.59 Å². The largest absolute Gasteiger partial charge is 0.356 e. The molecule has 12 rings (SSSR count). The molecule has 0 radical (unpaired) electrons. The van der Waals surface area contributed by atoms with Crippen LogP contribution >= 0.6 is 12.4 Å². The molecular formula is C48H60ClN17O2. The smallest absolute Gasteiger partial charge is 0.236 e. The van der Waals surface area contributed by atoms with E-state index < -0.39 is 0 Å². The number of aromatic nitrogens is 9. The molecule has 2 amide bonds. The van der Waals surface area contributed by atoms with Gasteiger partial charge in [-0.05, 0) is 105 Å². The molecular weight excluding hydrogens is 882 g/mol. The Labute approximate surface area is 401 Å². The average Bonchev–Trinajstić information content (AvgIpc) is 4.16. The van der Waals surface area contributed by atoms with Crippen LogP contribution in [0.4, 0.5) is 17.5 Å². The van der Waals surface area contributed by atoms with Gasteiger partial charge in [0.15, 0.2) is 0 Å². The lowest BCUT2D eigenvalue weighted by molar-refractivity contribution is -0.130. The molecule has 356 valence electrons. The third-order valence-electron chi connectivity index (χ3n) is 15.9. The first kappa shape index (κ1) is 46.5. The normalized spacial score (nSPS) is 26.5. The van der Waals surface area contributed by atoms with Gasteiger partial charge in [-0.1, -0.05) is 0 Å². The zero-order valence-corrected chi connectivity index (χ0v) is 39.6. The molecule has 3 aliphatic carbocycles. The van der Waals surface area contributed by atoms with Crippen LogP contribution in [0.1, 0.15) is 51.4 Å². The van der Waals surface area contributed by atoms with Crippen LogP contribution < -0.4 is 20.0 Å². The Kier molecular flexibility index (Phi) is 13.7. The number of hydrogen-bond donors (Lipinski definition) is 4. The number of nitriles is 2. The molecule has 0 spiro atoms. The molecule has 9 atom stereocenters. The van der Waals surface area contributed by atoms with E-state index in [-0.39, 0.29) is 37.1 Å². The van der Waals surface area contributed by atoms with Crippen LogP contribution in [0, 0.1) is 58.2 Å². The number of nitrogens with zero attached hydrogens (tertiary/aromatic N) is 13. The van der Waals surface area contributed by atoms with Gasteiger partial charge in [-0.25, -0.2) is 29.9 Å². The Morgan fingerprint density at radius 2 is 0.853 bits per heavy atom. The number of rotatable bonds is 8. The van der Waals surface area contributed by atoms with Crippen LogP contribution in [0.15, 0.2) is 55.8 Å². The molecule has 0 aromatic carbocycles. The Morgan fingerprint density at radius 3 is 1.16 bits per heavy atom. The second-order valence-electron chi connectivity index (χ2n) is 19.5. The Bertz CT molecular complexity index is 2640. The predicted octanol–water partition coefficient (Wildman–Crippen LogP) is 4.90. The maximum absolute atomic E-state index is 11.9. The van der Waals surface area contributed by atoms with Crippen molar-refractivity contribution < 1.29 is 9.59 Å². The number of amides is 2. The van der Waals surface area contributed by atoms with Gasteiger partial charge in [0.2, 0.25) is 11.8 Å². The molecule has 0 bridgehead atoms. The summed E-state index contributed by atoms with van der Waals surface area (Å²) >= 11 is 0. The number of likely N-dealkylation sites (tertiary alicyclic amines) is 2. The van der Waals surface area contributed by atoms with E-state index in [0.29, 0.717) is 41.8 Å². The van der Waals surface area contributed by atoms with E-state index in [4.69, 9.17) is 10.5 Å². The molecule has 3 unspecified atom stereocenters. The van der Waals surface area contributed by atoms with E-state index in [1.807, 2.05) is 52.7 Å². The predicted molar refractivity (Wildman–Crippen MR) is 261 cm³/mol. The highest BCUT2D eigenvalue weighted by Gasteiger charge is 2.45. The Morgan fingerprint density at radius 1 is 0.544 bits per heavy atom. The fourth-order valence-corrected chi connectivity index (χ4v) is 12.3. The van der Waals surface area contributed by atoms with Crippen molar-refractivity contribution in [2.45, 2.75) is 69.5 Å². The van der Waals surface area contributed by atoms with Crippen LogP contribution in [0.3, 0.4) is 0 Å². The SMILES string of the molecule is CN(c1ncnc2[nH]ccc12)C1C[C@@H]2CN(C(=O)CC#N)C[C@@H]2C1.CN(c1ncnc2[nH]ccc12)C1C[C@@H]2CN(C(=O)CC#N)C[C@@H]2C1.CN(c1ncnc2[nH]ccc12)C1C[C@H]2CNC[C@H]2C1.Cl. The van der Waals surface area contributed by atoms with Crippen molar-refractivity contribution in [3.63, 3.8) is 0 Å². The number of carbonyl (C=O) groups excluding carboxylic acids is 2. The molecule has 4 N–H and O–H groups in total. The molecule has 3 aliphatic heterocycles. The number of halogens is 1. The summed E-state index contributed by atoms with van der Waals surface area (Å²) in [4.78, 5) is 70.1. The van der Waals surface area contributed by atoms with Gasteiger partial charge in [-0.3, -0.25) is 9.59 Å². The van der Waals surface area contributed by atoms with Crippen LogP contribution in [0.25, 0.3) is 33.1 Å². The van der Waals surface area contributed by atoms with Gasteiger partial charge in [-0.2, -0.15) is 10.5 Å². The summed E-state index contributed by atoms with van der Waals surface area (Å²) in [6.45, 7) is 5.55. The average molecular weight is 943 g/mol. The van der Waals surface area contributed by atoms with Crippen LogP contribution in [0.2, 0.25) is 0 Å². The third-order valence-corrected chi connectivity index (χ3v) is 15.9. The molecule has 6 fully saturated rings. The molecule has 3 saturated heterocycles. The fourth-order valence-electron chi connectivity index (χ4n) is 12.3. The van der Waals surface area contributed by atoms with Crippen molar-refractivity contribution in [2.24, 2.45) is 35.5 Å². The van der Waals surface area contributed by atoms with E-state index >= 15 is 0 Å². The molecule has 19 nitrogen and oxygen atoms in total. The molecule has 9 heterocycles. The van der Waals surface area contributed by atoms with Crippen molar-refractivity contribution in [1.29, 1.82) is 10.5 Å². The Hall–Kier alpha value is -6.57. The summed E-state index contributed by atoms with van der Waals surface area (Å²) in [7, 11) is 6.37. The summed E-state index contributed by atoms with van der Waals surface area (Å²) < 4.78 is 0. The van der Waals surface area contributed by atoms with E-state index in [1.54, 1.807) is 19.0 Å². The maximum Gasteiger partial charge on any atom is 0.236 e. The second kappa shape index (κ2) is 20.0. The topological polar surface area (TPSA) is 235 Å². The summed E-state index contributed by atoms with van der Waals surface area (Å²) in [5, 5.41) is 24.1. The molecule has 6 aromatic rings. The van der Waals surface area contributed by atoms with Gasteiger partial charge in [0.1, 0.15) is 66.2 Å². The zero-order valence-electron chi connectivity index (χ0n) is 38.8. The summed E-state index contributed by atoms with van der Waals surface area (Å²) in [5.41, 5.74) is 2.65. The minimum atomic E-state index is -0.0263. The number of aromatic amines is 3. The van der Waals surface area contributed by atoms with Crippen molar-refractivity contribution in [2.75, 3.05) is 75.1 Å². The van der Waals surface area contributed by atoms with E-state index in [9.17, 15) is 9.59 Å². The second-order valence-corrected chi connectivity index (χ2v) is 19.5. The van der Waals surface area contributed by atoms with Crippen LogP contribution in [0.5, 0.6) is 0 Å². The van der Waals surface area contributed by atoms with Gasteiger partial charge in [0.25, 0.3) is 0 Å². The van der Waals surface area contributed by atoms with Gasteiger partial charge < -0.3 is 44.8 Å². The van der Waals surface area contributed by atoms with Gasteiger partial charge in [0.05, 0.1) is 28.3 Å². The molecule has 6 aromatic heterocycles. The number of nitrogens with one attached hydrogen (secondary N) is 4. The highest BCUT2D eigenvalue weighted by molar-refractivity contribution is 5.89. The Balaban J connectivity index is 0.000000127. The minimum absolute atomic E-state index is 0. The maximum atomic E-state index is 11.9. The van der Waals surface area contributed by atoms with Gasteiger partial charge in [0, 0.05) is 84.0 Å². The van der Waals surface area contributed by atoms with Crippen molar-refractivity contribution in [1.82, 2.24) is 60.0 Å². The highest BCUT2D eigenvalue weighted by atomic mass is 35.5. The summed E-state index contributed by atoms with van der Waals surface area (Å²) in [6.07, 6.45) is 17.4. The third kappa shape index (κ3) is 9.09. The van der Waals surface area contributed by atoms with Crippen LogP contribution in [-0.4, -0.2) is 145 Å². The monoisotopic (exact) mass is 941 g/mol. The number of hydrogen-bond acceptors (Lipinski definition) is 14. The lowest BCUT2D eigenvalue weighted by Crippen LogP contribution is -2.34. The molecule has 20 heteroatoms. The number of H-pyrrole nitrogens is 3. The minimum Gasteiger partial charge on any atom is -0.356 e. The number of carbonyl (C=O) groups is 2. The zero-order chi connectivity index (χ0) is 46.2. The van der Waals surface area contributed by atoms with E-state index in [1.165, 1.54) is 25.9 Å². The van der Waals surface area contributed by atoms with Crippen molar-refractivity contribution >= 4 is 74.8 Å². The highest BCUT2D eigenvalue weighted by Crippen LogP contribution is 2.43. The van der Waals surface area contributed by atoms with Gasteiger partial charge >= 0.3 is 0 Å². The summed E-state index contributed by atoms with van der Waals surface area (Å²) in [6, 6.07) is 11.5. The lowest BCUT2D eigenvalue weighted by atomic mass is 10.0. The summed E-state index contributed by atoms with van der Waals surface area (Å²) in [5.74, 6) is 6.77. The van der Waals surface area contributed by atoms with Crippen molar-refractivity contribution in [3.05, 3.63) is 55.8 Å². The fraction of sp³-hybridized carbons (Fsp3) is 0.542. The first-order chi connectivity index (χ1) is 32.7. The molecule has 6 aliphatic rings. The molecule has 3 saturated carbocycles.